The number of nitrogens with one attached hydrogen (secondary N) is 1. The van der Waals surface area contributed by atoms with Crippen LogP contribution in [0.2, 0.25) is 5.02 Å². The van der Waals surface area contributed by atoms with Crippen molar-refractivity contribution in [3.63, 3.8) is 0 Å². The molecule has 0 aliphatic heterocycles. The molecular formula is C14H15ClFN3S. The Labute approximate surface area is 127 Å². The average Bonchev–Trinajstić information content (AvgIpc) is 2.46. The Morgan fingerprint density at radius 1 is 1.35 bits per heavy atom. The second-order valence-electron chi connectivity index (χ2n) is 4.15. The van der Waals surface area contributed by atoms with Gasteiger partial charge in [0.05, 0.1) is 6.20 Å². The van der Waals surface area contributed by atoms with Crippen LogP contribution in [0.5, 0.6) is 0 Å². The third kappa shape index (κ3) is 4.08. The molecule has 0 spiro atoms. The fraction of sp³-hybridized carbons (Fsp3) is 0.286. The quantitative estimate of drug-likeness (QED) is 0.634. The summed E-state index contributed by atoms with van der Waals surface area (Å²) in [5.41, 5.74) is 0.959. The number of hydrogen-bond acceptors (Lipinski definition) is 4. The Balaban J connectivity index is 2.07. The van der Waals surface area contributed by atoms with Crippen LogP contribution >= 0.6 is 23.4 Å². The van der Waals surface area contributed by atoms with Crippen molar-refractivity contribution in [2.24, 2.45) is 0 Å². The number of anilines is 1. The lowest BCUT2D eigenvalue weighted by Gasteiger charge is -2.07. The van der Waals surface area contributed by atoms with E-state index in [0.29, 0.717) is 21.7 Å². The molecule has 2 aromatic rings. The second kappa shape index (κ2) is 7.45. The molecule has 0 aliphatic rings. The van der Waals surface area contributed by atoms with Gasteiger partial charge in [-0.25, -0.2) is 14.4 Å². The van der Waals surface area contributed by atoms with Gasteiger partial charge in [0.2, 0.25) is 5.95 Å². The lowest BCUT2D eigenvalue weighted by Crippen LogP contribution is -2.05. The summed E-state index contributed by atoms with van der Waals surface area (Å²) < 4.78 is 13.7. The molecule has 106 valence electrons. The predicted octanol–water partition coefficient (Wildman–Crippen LogP) is 4.38. The van der Waals surface area contributed by atoms with Crippen LogP contribution in [-0.4, -0.2) is 16.5 Å². The maximum Gasteiger partial charge on any atom is 0.223 e. The van der Waals surface area contributed by atoms with Crippen molar-refractivity contribution in [2.45, 2.75) is 24.1 Å². The molecule has 0 fully saturated rings. The van der Waals surface area contributed by atoms with Crippen LogP contribution in [0.1, 0.15) is 18.9 Å². The summed E-state index contributed by atoms with van der Waals surface area (Å²) in [6.07, 6.45) is 2.16. The van der Waals surface area contributed by atoms with Crippen LogP contribution in [-0.2, 0) is 5.75 Å². The Morgan fingerprint density at radius 3 is 2.90 bits per heavy atom. The summed E-state index contributed by atoms with van der Waals surface area (Å²) in [4.78, 5) is 8.09. The Bertz CT molecular complexity index is 580. The maximum absolute atomic E-state index is 13.7. The van der Waals surface area contributed by atoms with Gasteiger partial charge >= 0.3 is 0 Å². The molecular weight excluding hydrogens is 297 g/mol. The first kappa shape index (κ1) is 15.1. The number of hydrogen-bond donors (Lipinski definition) is 1. The molecule has 0 saturated carbocycles. The average molecular weight is 312 g/mol. The van der Waals surface area contributed by atoms with Crippen LogP contribution in [0, 0.1) is 5.82 Å². The smallest absolute Gasteiger partial charge is 0.223 e. The standard InChI is InChI=1S/C14H15ClFN3S/c1-2-7-17-14-18-8-12(16)13(19-14)20-9-10-5-3-4-6-11(10)15/h3-6,8H,2,7,9H2,1H3,(H,17,18,19). The van der Waals surface area contributed by atoms with E-state index in [1.54, 1.807) is 0 Å². The van der Waals surface area contributed by atoms with E-state index in [1.807, 2.05) is 31.2 Å². The van der Waals surface area contributed by atoms with Gasteiger partial charge in [-0.15, -0.1) is 0 Å². The maximum atomic E-state index is 13.7. The summed E-state index contributed by atoms with van der Waals surface area (Å²) in [5.74, 6) is 0.611. The van der Waals surface area contributed by atoms with Crippen molar-refractivity contribution in [3.8, 4) is 0 Å². The summed E-state index contributed by atoms with van der Waals surface area (Å²) in [6, 6.07) is 7.52. The van der Waals surface area contributed by atoms with Gasteiger partial charge in [0.1, 0.15) is 5.03 Å². The van der Waals surface area contributed by atoms with E-state index in [0.717, 1.165) is 18.5 Å². The molecule has 0 atom stereocenters. The fourth-order valence-corrected chi connectivity index (χ4v) is 2.70. The molecule has 0 saturated heterocycles. The van der Waals surface area contributed by atoms with Crippen molar-refractivity contribution in [2.75, 3.05) is 11.9 Å². The number of nitrogens with zero attached hydrogens (tertiary/aromatic N) is 2. The van der Waals surface area contributed by atoms with Crippen molar-refractivity contribution >= 4 is 29.3 Å². The largest absolute Gasteiger partial charge is 0.354 e. The van der Waals surface area contributed by atoms with Gasteiger partial charge in [0.25, 0.3) is 0 Å². The molecule has 6 heteroatoms. The molecule has 3 nitrogen and oxygen atoms in total. The minimum absolute atomic E-state index is 0.332. The zero-order chi connectivity index (χ0) is 14.4. The van der Waals surface area contributed by atoms with Gasteiger partial charge in [-0.2, -0.15) is 0 Å². The molecule has 0 unspecified atom stereocenters. The lowest BCUT2D eigenvalue weighted by atomic mass is 10.2. The molecule has 1 aromatic carbocycles. The van der Waals surface area contributed by atoms with E-state index in [4.69, 9.17) is 11.6 Å². The molecule has 0 amide bonds. The molecule has 20 heavy (non-hydrogen) atoms. The second-order valence-corrected chi connectivity index (χ2v) is 5.52. The normalized spacial score (nSPS) is 10.6. The monoisotopic (exact) mass is 311 g/mol. The number of halogens is 2. The minimum Gasteiger partial charge on any atom is -0.354 e. The lowest BCUT2D eigenvalue weighted by molar-refractivity contribution is 0.579. The van der Waals surface area contributed by atoms with Crippen LogP contribution in [0.4, 0.5) is 10.3 Å². The number of rotatable bonds is 6. The van der Waals surface area contributed by atoms with Crippen molar-refractivity contribution in [3.05, 3.63) is 46.9 Å². The number of aromatic nitrogens is 2. The molecule has 0 radical (unpaired) electrons. The first-order valence-electron chi connectivity index (χ1n) is 6.33. The van der Waals surface area contributed by atoms with Crippen LogP contribution < -0.4 is 5.32 Å². The van der Waals surface area contributed by atoms with Gasteiger partial charge in [-0.1, -0.05) is 48.5 Å². The highest BCUT2D eigenvalue weighted by molar-refractivity contribution is 7.98. The van der Waals surface area contributed by atoms with E-state index in [2.05, 4.69) is 15.3 Å². The topological polar surface area (TPSA) is 37.8 Å². The first-order valence-corrected chi connectivity index (χ1v) is 7.69. The number of benzene rings is 1. The minimum atomic E-state index is -0.413. The summed E-state index contributed by atoms with van der Waals surface area (Å²) in [6.45, 7) is 2.81. The highest BCUT2D eigenvalue weighted by Gasteiger charge is 2.09. The van der Waals surface area contributed by atoms with Gasteiger partial charge in [0, 0.05) is 17.3 Å². The van der Waals surface area contributed by atoms with Gasteiger partial charge in [0.15, 0.2) is 5.82 Å². The van der Waals surface area contributed by atoms with Crippen molar-refractivity contribution in [1.82, 2.24) is 9.97 Å². The van der Waals surface area contributed by atoms with Crippen molar-refractivity contribution < 1.29 is 4.39 Å². The molecule has 1 aromatic heterocycles. The molecule has 1 heterocycles. The van der Waals surface area contributed by atoms with Crippen molar-refractivity contribution in [1.29, 1.82) is 0 Å². The summed E-state index contributed by atoms with van der Waals surface area (Å²) in [7, 11) is 0. The van der Waals surface area contributed by atoms with Crippen LogP contribution in [0.15, 0.2) is 35.5 Å². The molecule has 1 N–H and O–H groups in total. The summed E-state index contributed by atoms with van der Waals surface area (Å²) >= 11 is 7.39. The molecule has 0 aliphatic carbocycles. The highest BCUT2D eigenvalue weighted by Crippen LogP contribution is 2.27. The zero-order valence-corrected chi connectivity index (χ0v) is 12.6. The predicted molar refractivity (Wildman–Crippen MR) is 81.8 cm³/mol. The van der Waals surface area contributed by atoms with E-state index >= 15 is 0 Å². The Morgan fingerprint density at radius 2 is 2.15 bits per heavy atom. The zero-order valence-electron chi connectivity index (χ0n) is 11.1. The highest BCUT2D eigenvalue weighted by atomic mass is 35.5. The fourth-order valence-electron chi connectivity index (χ4n) is 1.54. The van der Waals surface area contributed by atoms with Gasteiger partial charge in [-0.3, -0.25) is 0 Å². The van der Waals surface area contributed by atoms with Crippen LogP contribution in [0.3, 0.4) is 0 Å². The van der Waals surface area contributed by atoms with Gasteiger partial charge < -0.3 is 5.32 Å². The van der Waals surface area contributed by atoms with E-state index in [1.165, 1.54) is 18.0 Å². The SMILES string of the molecule is CCCNc1ncc(F)c(SCc2ccccc2Cl)n1. The third-order valence-corrected chi connectivity index (χ3v) is 3.95. The Hall–Kier alpha value is -1.33. The number of thioether (sulfide) groups is 1. The molecule has 0 bridgehead atoms. The first-order chi connectivity index (χ1) is 9.70. The van der Waals surface area contributed by atoms with E-state index < -0.39 is 5.82 Å². The van der Waals surface area contributed by atoms with E-state index in [9.17, 15) is 4.39 Å². The van der Waals surface area contributed by atoms with Crippen LogP contribution in [0.25, 0.3) is 0 Å². The third-order valence-electron chi connectivity index (χ3n) is 2.57. The molecule has 2 rings (SSSR count). The summed E-state index contributed by atoms with van der Waals surface area (Å²) in [5, 5.41) is 4.05. The Kier molecular flexibility index (Phi) is 5.61. The van der Waals surface area contributed by atoms with Gasteiger partial charge in [-0.05, 0) is 18.1 Å². The van der Waals surface area contributed by atoms with E-state index in [-0.39, 0.29) is 0 Å².